The molecule has 0 saturated carbocycles. The second-order valence-electron chi connectivity index (χ2n) is 4.86. The van der Waals surface area contributed by atoms with Crippen LogP contribution in [0.5, 0.6) is 11.5 Å². The Morgan fingerprint density at radius 1 is 1.30 bits per heavy atom. The largest absolute Gasteiger partial charge is 0.455 e. The summed E-state index contributed by atoms with van der Waals surface area (Å²) in [5.41, 5.74) is 8.13. The molecule has 0 fully saturated rings. The molecule has 2 aromatic rings. The summed E-state index contributed by atoms with van der Waals surface area (Å²) in [5, 5.41) is 0. The molecule has 1 unspecified atom stereocenters. The molecule has 0 spiro atoms. The summed E-state index contributed by atoms with van der Waals surface area (Å²) in [6.07, 6.45) is 3.48. The van der Waals surface area contributed by atoms with E-state index < -0.39 is 0 Å². The Balaban J connectivity index is 2.23. The topological polar surface area (TPSA) is 48.1 Å². The van der Waals surface area contributed by atoms with Crippen LogP contribution in [-0.2, 0) is 6.42 Å². The van der Waals surface area contributed by atoms with Gasteiger partial charge in [-0.15, -0.1) is 0 Å². The lowest BCUT2D eigenvalue weighted by Gasteiger charge is -2.14. The van der Waals surface area contributed by atoms with E-state index in [1.54, 1.807) is 6.20 Å². The van der Waals surface area contributed by atoms with Gasteiger partial charge in [-0.05, 0) is 55.7 Å². The summed E-state index contributed by atoms with van der Waals surface area (Å²) in [7, 11) is 0. The minimum atomic E-state index is 0.141. The van der Waals surface area contributed by atoms with Crippen molar-refractivity contribution in [3.8, 4) is 11.5 Å². The zero-order valence-corrected chi connectivity index (χ0v) is 13.4. The van der Waals surface area contributed by atoms with Gasteiger partial charge in [-0.2, -0.15) is 0 Å². The highest BCUT2D eigenvalue weighted by molar-refractivity contribution is 9.10. The minimum absolute atomic E-state index is 0.141. The van der Waals surface area contributed by atoms with Crippen LogP contribution < -0.4 is 10.5 Å². The normalized spacial score (nSPS) is 12.2. The van der Waals surface area contributed by atoms with E-state index in [0.29, 0.717) is 0 Å². The third-order valence-corrected chi connectivity index (χ3v) is 3.63. The van der Waals surface area contributed by atoms with E-state index in [2.05, 4.69) is 33.9 Å². The fourth-order valence-corrected chi connectivity index (χ4v) is 2.28. The molecule has 2 rings (SSSR count). The smallest absolute Gasteiger partial charge is 0.145 e. The molecule has 0 saturated heterocycles. The number of aryl methyl sites for hydroxylation is 1. The summed E-state index contributed by atoms with van der Waals surface area (Å²) >= 11 is 3.49. The fraction of sp³-hybridized carbons (Fsp3) is 0.312. The number of pyridine rings is 1. The number of benzene rings is 1. The van der Waals surface area contributed by atoms with E-state index in [1.165, 1.54) is 0 Å². The van der Waals surface area contributed by atoms with Crippen molar-refractivity contribution >= 4 is 15.9 Å². The SMILES string of the molecule is CCC(N)Cc1cc(Br)ccc1Oc1ccc(C)nc1. The van der Waals surface area contributed by atoms with Gasteiger partial charge in [0.1, 0.15) is 11.5 Å². The molecule has 4 heteroatoms. The number of hydrogen-bond donors (Lipinski definition) is 1. The number of rotatable bonds is 5. The highest BCUT2D eigenvalue weighted by atomic mass is 79.9. The molecular weight excluding hydrogens is 316 g/mol. The van der Waals surface area contributed by atoms with Crippen molar-refractivity contribution in [2.45, 2.75) is 32.7 Å². The lowest BCUT2D eigenvalue weighted by atomic mass is 10.0. The molecule has 0 radical (unpaired) electrons. The van der Waals surface area contributed by atoms with E-state index in [0.717, 1.165) is 40.1 Å². The van der Waals surface area contributed by atoms with Gasteiger partial charge in [0.05, 0.1) is 6.20 Å². The van der Waals surface area contributed by atoms with E-state index in [9.17, 15) is 0 Å². The van der Waals surface area contributed by atoms with Crippen LogP contribution in [0.4, 0.5) is 0 Å². The first kappa shape index (κ1) is 15.0. The van der Waals surface area contributed by atoms with Gasteiger partial charge in [0.15, 0.2) is 0 Å². The van der Waals surface area contributed by atoms with Gasteiger partial charge in [-0.1, -0.05) is 22.9 Å². The molecule has 1 atom stereocenters. The average Bonchev–Trinajstić information content (AvgIpc) is 2.44. The van der Waals surface area contributed by atoms with Crippen LogP contribution in [-0.4, -0.2) is 11.0 Å². The lowest BCUT2D eigenvalue weighted by Crippen LogP contribution is -2.21. The van der Waals surface area contributed by atoms with Crippen LogP contribution in [0, 0.1) is 6.92 Å². The summed E-state index contributed by atoms with van der Waals surface area (Å²) < 4.78 is 6.96. The molecule has 1 aromatic heterocycles. The second kappa shape index (κ2) is 6.86. The Bertz CT molecular complexity index is 569. The molecule has 0 aliphatic rings. The van der Waals surface area contributed by atoms with Gasteiger partial charge in [0, 0.05) is 16.2 Å². The van der Waals surface area contributed by atoms with Crippen LogP contribution >= 0.6 is 15.9 Å². The first-order chi connectivity index (χ1) is 9.58. The van der Waals surface area contributed by atoms with E-state index in [1.807, 2.05) is 31.2 Å². The highest BCUT2D eigenvalue weighted by Crippen LogP contribution is 2.28. The maximum atomic E-state index is 6.05. The van der Waals surface area contributed by atoms with Crippen molar-refractivity contribution < 1.29 is 4.74 Å². The molecular formula is C16H19BrN2O. The zero-order valence-electron chi connectivity index (χ0n) is 11.8. The molecule has 1 heterocycles. The molecule has 1 aromatic carbocycles. The Kier molecular flexibility index (Phi) is 5.15. The van der Waals surface area contributed by atoms with Crippen molar-refractivity contribution in [3.05, 3.63) is 52.3 Å². The van der Waals surface area contributed by atoms with Crippen LogP contribution in [0.1, 0.15) is 24.6 Å². The van der Waals surface area contributed by atoms with Crippen molar-refractivity contribution in [2.75, 3.05) is 0 Å². The zero-order chi connectivity index (χ0) is 14.5. The summed E-state index contributed by atoms with van der Waals surface area (Å²) in [6.45, 7) is 4.04. The predicted molar refractivity (Wildman–Crippen MR) is 85.2 cm³/mol. The van der Waals surface area contributed by atoms with Gasteiger partial charge in [0.2, 0.25) is 0 Å². The van der Waals surface area contributed by atoms with E-state index >= 15 is 0 Å². The summed E-state index contributed by atoms with van der Waals surface area (Å²) in [6, 6.07) is 9.99. The quantitative estimate of drug-likeness (QED) is 0.890. The van der Waals surface area contributed by atoms with Crippen LogP contribution in [0.3, 0.4) is 0 Å². The maximum absolute atomic E-state index is 6.05. The van der Waals surface area contributed by atoms with Crippen molar-refractivity contribution in [1.82, 2.24) is 4.98 Å². The summed E-state index contributed by atoms with van der Waals surface area (Å²) in [4.78, 5) is 4.24. The monoisotopic (exact) mass is 334 g/mol. The number of nitrogens with two attached hydrogens (primary N) is 1. The highest BCUT2D eigenvalue weighted by Gasteiger charge is 2.10. The minimum Gasteiger partial charge on any atom is -0.455 e. The molecule has 0 aliphatic carbocycles. The van der Waals surface area contributed by atoms with Crippen LogP contribution in [0.2, 0.25) is 0 Å². The van der Waals surface area contributed by atoms with Crippen molar-refractivity contribution in [3.63, 3.8) is 0 Å². The average molecular weight is 335 g/mol. The van der Waals surface area contributed by atoms with Crippen LogP contribution in [0.25, 0.3) is 0 Å². The third kappa shape index (κ3) is 4.05. The van der Waals surface area contributed by atoms with Gasteiger partial charge in [-0.25, -0.2) is 0 Å². The van der Waals surface area contributed by atoms with E-state index in [-0.39, 0.29) is 6.04 Å². The van der Waals surface area contributed by atoms with E-state index in [4.69, 9.17) is 10.5 Å². The first-order valence-corrected chi connectivity index (χ1v) is 7.52. The standard InChI is InChI=1S/C16H19BrN2O/c1-3-14(18)9-12-8-13(17)5-7-16(12)20-15-6-4-11(2)19-10-15/h4-8,10,14H,3,9,18H2,1-2H3. The van der Waals surface area contributed by atoms with Gasteiger partial charge < -0.3 is 10.5 Å². The van der Waals surface area contributed by atoms with Gasteiger partial charge in [-0.3, -0.25) is 4.98 Å². The number of nitrogens with zero attached hydrogens (tertiary/aromatic N) is 1. The molecule has 0 amide bonds. The third-order valence-electron chi connectivity index (χ3n) is 3.14. The lowest BCUT2D eigenvalue weighted by molar-refractivity contribution is 0.469. The number of ether oxygens (including phenoxy) is 1. The van der Waals surface area contributed by atoms with Crippen molar-refractivity contribution in [2.24, 2.45) is 5.73 Å². The molecule has 20 heavy (non-hydrogen) atoms. The number of halogens is 1. The fourth-order valence-electron chi connectivity index (χ4n) is 1.88. The summed E-state index contributed by atoms with van der Waals surface area (Å²) in [5.74, 6) is 1.58. The predicted octanol–water partition coefficient (Wildman–Crippen LogP) is 4.22. The molecule has 2 N–H and O–H groups in total. The number of aromatic nitrogens is 1. The van der Waals surface area contributed by atoms with Gasteiger partial charge in [0.25, 0.3) is 0 Å². The molecule has 3 nitrogen and oxygen atoms in total. The first-order valence-electron chi connectivity index (χ1n) is 6.73. The molecule has 0 aliphatic heterocycles. The van der Waals surface area contributed by atoms with Crippen molar-refractivity contribution in [1.29, 1.82) is 0 Å². The Hall–Kier alpha value is -1.39. The van der Waals surface area contributed by atoms with Crippen LogP contribution in [0.15, 0.2) is 41.0 Å². The Morgan fingerprint density at radius 2 is 2.10 bits per heavy atom. The second-order valence-corrected chi connectivity index (χ2v) is 5.78. The Morgan fingerprint density at radius 3 is 2.75 bits per heavy atom. The molecule has 106 valence electrons. The maximum Gasteiger partial charge on any atom is 0.145 e. The number of hydrogen-bond acceptors (Lipinski definition) is 3. The Labute approximate surface area is 128 Å². The molecule has 0 bridgehead atoms. The van der Waals surface area contributed by atoms with Gasteiger partial charge >= 0.3 is 0 Å².